The van der Waals surface area contributed by atoms with Gasteiger partial charge < -0.3 is 19.7 Å². The number of hydrogen-bond acceptors (Lipinski definition) is 4. The Morgan fingerprint density at radius 2 is 1.87 bits per heavy atom. The van der Waals surface area contributed by atoms with Crippen LogP contribution in [0.1, 0.15) is 52.4 Å². The molecule has 5 atom stereocenters. The van der Waals surface area contributed by atoms with Crippen LogP contribution in [-0.4, -0.2) is 41.4 Å². The molecule has 0 amide bonds. The zero-order valence-electron chi connectivity index (χ0n) is 14.5. The van der Waals surface area contributed by atoms with Crippen molar-refractivity contribution in [2.75, 3.05) is 13.2 Å². The first-order chi connectivity index (χ1) is 11.1. The Kier molecular flexibility index (Phi) is 5.46. The number of ether oxygens (including phenoxy) is 2. The van der Waals surface area contributed by atoms with Gasteiger partial charge in [-0.05, 0) is 31.1 Å². The first-order valence-corrected chi connectivity index (χ1v) is 9.42. The lowest BCUT2D eigenvalue weighted by Crippen LogP contribution is -2.54. The van der Waals surface area contributed by atoms with Crippen molar-refractivity contribution in [1.29, 1.82) is 0 Å². The Balaban J connectivity index is 1.48. The summed E-state index contributed by atoms with van der Waals surface area (Å²) in [5.74, 6) is 1.05. The molecule has 1 heterocycles. The fourth-order valence-corrected chi connectivity index (χ4v) is 4.72. The molecule has 0 radical (unpaired) electrons. The van der Waals surface area contributed by atoms with Crippen LogP contribution in [0.25, 0.3) is 0 Å². The maximum atomic E-state index is 10.5. The minimum absolute atomic E-state index is 0.125. The van der Waals surface area contributed by atoms with Crippen LogP contribution in [0.15, 0.2) is 12.2 Å². The van der Waals surface area contributed by atoms with E-state index in [4.69, 9.17) is 9.47 Å². The van der Waals surface area contributed by atoms with Crippen molar-refractivity contribution in [3.05, 3.63) is 12.2 Å². The lowest BCUT2D eigenvalue weighted by Gasteiger charge is -2.48. The summed E-state index contributed by atoms with van der Waals surface area (Å²) in [5, 5.41) is 20.7. The highest BCUT2D eigenvalue weighted by Crippen LogP contribution is 2.59. The lowest BCUT2D eigenvalue weighted by atomic mass is 9.69. The molecule has 2 N–H and O–H groups in total. The predicted octanol–water partition coefficient (Wildman–Crippen LogP) is 2.88. The molecule has 0 bridgehead atoms. The van der Waals surface area contributed by atoms with E-state index in [1.54, 1.807) is 0 Å². The summed E-state index contributed by atoms with van der Waals surface area (Å²) < 4.78 is 11.6. The van der Waals surface area contributed by atoms with Gasteiger partial charge in [0.2, 0.25) is 0 Å². The molecule has 2 aliphatic carbocycles. The van der Waals surface area contributed by atoms with Crippen molar-refractivity contribution in [2.24, 2.45) is 23.7 Å². The van der Waals surface area contributed by atoms with E-state index in [0.717, 1.165) is 25.7 Å². The van der Waals surface area contributed by atoms with Gasteiger partial charge in [-0.1, -0.05) is 38.8 Å². The molecule has 132 valence electrons. The van der Waals surface area contributed by atoms with Crippen LogP contribution in [0.5, 0.6) is 0 Å². The Hall–Kier alpha value is -0.420. The van der Waals surface area contributed by atoms with Crippen LogP contribution in [0.2, 0.25) is 0 Å². The summed E-state index contributed by atoms with van der Waals surface area (Å²) in [4.78, 5) is 0. The number of rotatable bonds is 7. The average Bonchev–Trinajstić information content (AvgIpc) is 3.13. The highest BCUT2D eigenvalue weighted by molar-refractivity contribution is 5.13. The van der Waals surface area contributed by atoms with Crippen molar-refractivity contribution in [3.63, 3.8) is 0 Å². The molecule has 3 aliphatic rings. The third kappa shape index (κ3) is 3.37. The third-order valence-corrected chi connectivity index (χ3v) is 6.39. The lowest BCUT2D eigenvalue weighted by molar-refractivity contribution is -0.275. The Bertz CT molecular complexity index is 412. The van der Waals surface area contributed by atoms with Crippen molar-refractivity contribution < 1.29 is 19.7 Å². The summed E-state index contributed by atoms with van der Waals surface area (Å²) in [7, 11) is 0. The molecule has 0 aromatic heterocycles. The van der Waals surface area contributed by atoms with E-state index in [0.29, 0.717) is 31.0 Å². The van der Waals surface area contributed by atoms with Gasteiger partial charge in [-0.25, -0.2) is 0 Å². The molecule has 23 heavy (non-hydrogen) atoms. The van der Waals surface area contributed by atoms with Gasteiger partial charge in [0.25, 0.3) is 0 Å². The monoisotopic (exact) mass is 324 g/mol. The molecule has 0 aromatic carbocycles. The van der Waals surface area contributed by atoms with E-state index in [2.05, 4.69) is 13.8 Å². The van der Waals surface area contributed by atoms with Crippen LogP contribution < -0.4 is 0 Å². The zero-order valence-corrected chi connectivity index (χ0v) is 14.5. The molecule has 1 saturated heterocycles. The highest BCUT2D eigenvalue weighted by atomic mass is 16.7. The topological polar surface area (TPSA) is 58.9 Å². The summed E-state index contributed by atoms with van der Waals surface area (Å²) in [5.41, 5.74) is 0. The van der Waals surface area contributed by atoms with Gasteiger partial charge >= 0.3 is 0 Å². The summed E-state index contributed by atoms with van der Waals surface area (Å²) in [6, 6.07) is 0. The first-order valence-electron chi connectivity index (χ1n) is 9.42. The highest BCUT2D eigenvalue weighted by Gasteiger charge is 2.64. The number of fused-ring (bicyclic) bond motifs is 2. The Morgan fingerprint density at radius 3 is 2.52 bits per heavy atom. The van der Waals surface area contributed by atoms with Crippen LogP contribution >= 0.6 is 0 Å². The fourth-order valence-electron chi connectivity index (χ4n) is 4.72. The van der Waals surface area contributed by atoms with Crippen LogP contribution in [0.4, 0.5) is 0 Å². The predicted molar refractivity (Wildman–Crippen MR) is 88.8 cm³/mol. The van der Waals surface area contributed by atoms with Gasteiger partial charge in [0, 0.05) is 18.3 Å². The minimum atomic E-state index is -0.400. The standard InChI is InChI=1S/C19H32O4/c1-3-13(4-2)5-7-15(20)8-6-14-11-17-16(18(14)21)12-19(17)22-9-10-23-19/h6,8,13-18,20-21H,3-5,7,9-12H2,1-2H3/t14?,15?,16-,17+,18?/m1/s1. The second-order valence-corrected chi connectivity index (χ2v) is 7.59. The maximum absolute atomic E-state index is 10.5. The summed E-state index contributed by atoms with van der Waals surface area (Å²) in [6.45, 7) is 5.78. The maximum Gasteiger partial charge on any atom is 0.172 e. The average molecular weight is 324 g/mol. The van der Waals surface area contributed by atoms with Gasteiger partial charge in [-0.15, -0.1) is 0 Å². The largest absolute Gasteiger partial charge is 0.392 e. The summed E-state index contributed by atoms with van der Waals surface area (Å²) in [6.07, 6.45) is 9.18. The van der Waals surface area contributed by atoms with Crippen molar-refractivity contribution in [2.45, 2.75) is 70.4 Å². The van der Waals surface area contributed by atoms with Gasteiger partial charge in [-0.2, -0.15) is 0 Å². The molecule has 4 heteroatoms. The molecule has 3 fully saturated rings. The van der Waals surface area contributed by atoms with E-state index in [9.17, 15) is 10.2 Å². The van der Waals surface area contributed by atoms with Gasteiger partial charge in [-0.3, -0.25) is 0 Å². The molecule has 0 aromatic rings. The van der Waals surface area contributed by atoms with Crippen molar-refractivity contribution in [1.82, 2.24) is 0 Å². The van der Waals surface area contributed by atoms with E-state index < -0.39 is 11.9 Å². The number of aliphatic hydroxyl groups is 2. The van der Waals surface area contributed by atoms with Crippen molar-refractivity contribution in [3.8, 4) is 0 Å². The Morgan fingerprint density at radius 1 is 1.17 bits per heavy atom. The molecular formula is C19H32O4. The zero-order chi connectivity index (χ0) is 16.4. The number of hydrogen-bond donors (Lipinski definition) is 2. The van der Waals surface area contributed by atoms with E-state index in [1.807, 2.05) is 12.2 Å². The molecular weight excluding hydrogens is 292 g/mol. The molecule has 2 saturated carbocycles. The molecule has 1 spiro atoms. The third-order valence-electron chi connectivity index (χ3n) is 6.39. The Labute approximate surface area is 139 Å². The minimum Gasteiger partial charge on any atom is -0.392 e. The number of aliphatic hydroxyl groups excluding tert-OH is 2. The van der Waals surface area contributed by atoms with Gasteiger partial charge in [0.1, 0.15) is 0 Å². The molecule has 3 rings (SSSR count). The first kappa shape index (κ1) is 17.4. The second-order valence-electron chi connectivity index (χ2n) is 7.59. The fraction of sp³-hybridized carbons (Fsp3) is 0.895. The smallest absolute Gasteiger partial charge is 0.172 e. The molecule has 4 nitrogen and oxygen atoms in total. The van der Waals surface area contributed by atoms with Gasteiger partial charge in [0.05, 0.1) is 25.4 Å². The van der Waals surface area contributed by atoms with Gasteiger partial charge in [0.15, 0.2) is 5.79 Å². The molecule has 3 unspecified atom stereocenters. The van der Waals surface area contributed by atoms with E-state index >= 15 is 0 Å². The van der Waals surface area contributed by atoms with Crippen LogP contribution in [0.3, 0.4) is 0 Å². The SMILES string of the molecule is CCC(CC)CCC(O)C=CC1C[C@H]2[C@@H](CC23OCCO3)C1O. The summed E-state index contributed by atoms with van der Waals surface area (Å²) >= 11 is 0. The quantitative estimate of drug-likeness (QED) is 0.707. The molecule has 1 aliphatic heterocycles. The van der Waals surface area contributed by atoms with Crippen molar-refractivity contribution >= 4 is 0 Å². The van der Waals surface area contributed by atoms with Crippen LogP contribution in [-0.2, 0) is 9.47 Å². The van der Waals surface area contributed by atoms with E-state index in [-0.39, 0.29) is 12.0 Å². The van der Waals surface area contributed by atoms with Crippen LogP contribution in [0, 0.1) is 23.7 Å². The second kappa shape index (κ2) is 7.22. The normalized spacial score (nSPS) is 36.7. The van der Waals surface area contributed by atoms with E-state index in [1.165, 1.54) is 12.8 Å².